The molecule has 3 rings (SSSR count). The normalized spacial score (nSPS) is 18.1. The first-order valence-electron chi connectivity index (χ1n) is 8.32. The lowest BCUT2D eigenvalue weighted by molar-refractivity contribution is 0.123. The molecule has 2 aromatic rings. The first-order chi connectivity index (χ1) is 12.9. The van der Waals surface area contributed by atoms with Gasteiger partial charge < -0.3 is 14.2 Å². The Kier molecular flexibility index (Phi) is 5.76. The minimum Gasteiger partial charge on any atom is -0.495 e. The molecule has 2 heterocycles. The van der Waals surface area contributed by atoms with Gasteiger partial charge in [-0.2, -0.15) is 4.31 Å². The van der Waals surface area contributed by atoms with Gasteiger partial charge in [-0.1, -0.05) is 0 Å². The minimum absolute atomic E-state index is 0.0977. The molecule has 1 saturated heterocycles. The average molecular weight is 397 g/mol. The molecule has 0 aliphatic carbocycles. The molecule has 0 amide bonds. The molecule has 1 unspecified atom stereocenters. The number of nitrogens with zero attached hydrogens (tertiary/aromatic N) is 3. The molecule has 27 heavy (non-hydrogen) atoms. The number of aromatic nitrogens is 2. The van der Waals surface area contributed by atoms with Crippen molar-refractivity contribution in [1.29, 1.82) is 0 Å². The summed E-state index contributed by atoms with van der Waals surface area (Å²) in [6.45, 7) is 0.436. The number of benzene rings is 1. The van der Waals surface area contributed by atoms with E-state index in [0.29, 0.717) is 25.3 Å². The van der Waals surface area contributed by atoms with Gasteiger partial charge in [0.05, 0.1) is 20.8 Å². The maximum absolute atomic E-state index is 13.6. The lowest BCUT2D eigenvalue weighted by atomic mass is 10.1. The summed E-state index contributed by atoms with van der Waals surface area (Å²) in [5, 5.41) is 7.72. The number of piperidine rings is 1. The fourth-order valence-electron chi connectivity index (χ4n) is 2.86. The monoisotopic (exact) mass is 397 g/mol. The molecule has 1 atom stereocenters. The molecule has 1 aromatic heterocycles. The molecule has 1 aliphatic heterocycles. The van der Waals surface area contributed by atoms with E-state index in [1.807, 2.05) is 0 Å². The predicted octanol–water partition coefficient (Wildman–Crippen LogP) is 1.86. The summed E-state index contributed by atoms with van der Waals surface area (Å²) in [5.74, 6) is 0.0879. The van der Waals surface area contributed by atoms with Crippen LogP contribution in [0.25, 0.3) is 0 Å². The largest absolute Gasteiger partial charge is 0.495 e. The van der Waals surface area contributed by atoms with Crippen molar-refractivity contribution in [2.45, 2.75) is 23.8 Å². The first-order valence-corrected chi connectivity index (χ1v) is 9.76. The highest BCUT2D eigenvalue weighted by Gasteiger charge is 2.33. The quantitative estimate of drug-likeness (QED) is 0.735. The van der Waals surface area contributed by atoms with Gasteiger partial charge in [0, 0.05) is 18.7 Å². The Balaban J connectivity index is 1.77. The van der Waals surface area contributed by atoms with E-state index in [1.54, 1.807) is 12.1 Å². The van der Waals surface area contributed by atoms with Crippen molar-refractivity contribution in [3.05, 3.63) is 36.1 Å². The van der Waals surface area contributed by atoms with Crippen LogP contribution in [0.4, 0.5) is 4.39 Å². The minimum atomic E-state index is -3.93. The summed E-state index contributed by atoms with van der Waals surface area (Å²) < 4.78 is 56.6. The van der Waals surface area contributed by atoms with Gasteiger partial charge in [-0.25, -0.2) is 12.8 Å². The Morgan fingerprint density at radius 2 is 1.85 bits per heavy atom. The van der Waals surface area contributed by atoms with Crippen LogP contribution in [0.15, 0.2) is 35.2 Å². The standard InChI is InChI=1S/C17H20FN3O5S/c1-24-14-6-5-12(18)10-15(14)27(22,23)21-9-3-4-13(11-21)26-17-8-7-16(25-2)19-20-17/h5-8,10,13H,3-4,9,11H2,1-2H3. The number of hydrogen-bond donors (Lipinski definition) is 0. The second kappa shape index (κ2) is 8.05. The zero-order valence-electron chi connectivity index (χ0n) is 15.0. The summed E-state index contributed by atoms with van der Waals surface area (Å²) in [6, 6.07) is 6.63. The van der Waals surface area contributed by atoms with E-state index in [2.05, 4.69) is 10.2 Å². The third-order valence-electron chi connectivity index (χ3n) is 4.20. The zero-order valence-corrected chi connectivity index (χ0v) is 15.8. The number of halogens is 1. The molecule has 8 nitrogen and oxygen atoms in total. The molecule has 0 saturated carbocycles. The average Bonchev–Trinajstić information content (AvgIpc) is 2.69. The predicted molar refractivity (Wildman–Crippen MR) is 93.9 cm³/mol. The van der Waals surface area contributed by atoms with Gasteiger partial charge in [-0.15, -0.1) is 10.2 Å². The van der Waals surface area contributed by atoms with Gasteiger partial charge in [0.2, 0.25) is 21.8 Å². The van der Waals surface area contributed by atoms with Crippen molar-refractivity contribution in [3.8, 4) is 17.5 Å². The maximum Gasteiger partial charge on any atom is 0.246 e. The highest BCUT2D eigenvalue weighted by atomic mass is 32.2. The van der Waals surface area contributed by atoms with E-state index in [1.165, 1.54) is 24.6 Å². The number of sulfonamides is 1. The molecule has 0 radical (unpaired) electrons. The third-order valence-corrected chi connectivity index (χ3v) is 6.08. The summed E-state index contributed by atoms with van der Waals surface area (Å²) in [7, 11) is -1.11. The molecule has 1 fully saturated rings. The third kappa shape index (κ3) is 4.28. The number of hydrogen-bond acceptors (Lipinski definition) is 7. The second-order valence-electron chi connectivity index (χ2n) is 5.95. The highest BCUT2D eigenvalue weighted by Crippen LogP contribution is 2.30. The topological polar surface area (TPSA) is 90.9 Å². The summed E-state index contributed by atoms with van der Waals surface area (Å²) in [5.41, 5.74) is 0. The van der Waals surface area contributed by atoms with Gasteiger partial charge in [0.15, 0.2) is 0 Å². The van der Waals surface area contributed by atoms with Crippen LogP contribution in [0, 0.1) is 5.82 Å². The fourth-order valence-corrected chi connectivity index (χ4v) is 4.54. The van der Waals surface area contributed by atoms with Crippen molar-refractivity contribution in [3.63, 3.8) is 0 Å². The van der Waals surface area contributed by atoms with Crippen LogP contribution in [-0.4, -0.2) is 56.3 Å². The first kappa shape index (κ1) is 19.3. The maximum atomic E-state index is 13.6. The Morgan fingerprint density at radius 1 is 1.11 bits per heavy atom. The van der Waals surface area contributed by atoms with Crippen LogP contribution in [0.1, 0.15) is 12.8 Å². The van der Waals surface area contributed by atoms with E-state index in [9.17, 15) is 12.8 Å². The van der Waals surface area contributed by atoms with Gasteiger partial charge >= 0.3 is 0 Å². The molecule has 0 spiro atoms. The SMILES string of the molecule is COc1ccc(OC2CCCN(S(=O)(=O)c3cc(F)ccc3OC)C2)nn1. The molecular formula is C17H20FN3O5S. The van der Waals surface area contributed by atoms with Crippen LogP contribution in [0.2, 0.25) is 0 Å². The Hall–Kier alpha value is -2.46. The van der Waals surface area contributed by atoms with Gasteiger partial charge in [0.25, 0.3) is 0 Å². The Labute approximate surface area is 156 Å². The van der Waals surface area contributed by atoms with E-state index in [0.717, 1.165) is 12.1 Å². The summed E-state index contributed by atoms with van der Waals surface area (Å²) in [6.07, 6.45) is 0.876. The highest BCUT2D eigenvalue weighted by molar-refractivity contribution is 7.89. The van der Waals surface area contributed by atoms with Crippen molar-refractivity contribution >= 4 is 10.0 Å². The molecule has 1 aromatic carbocycles. The number of methoxy groups -OCH3 is 2. The number of rotatable bonds is 6. The molecular weight excluding hydrogens is 377 g/mol. The van der Waals surface area contributed by atoms with E-state index in [4.69, 9.17) is 14.2 Å². The molecule has 0 bridgehead atoms. The van der Waals surface area contributed by atoms with Crippen molar-refractivity contribution in [2.75, 3.05) is 27.3 Å². The van der Waals surface area contributed by atoms with Crippen molar-refractivity contribution in [1.82, 2.24) is 14.5 Å². The summed E-state index contributed by atoms with van der Waals surface area (Å²) >= 11 is 0. The van der Waals surface area contributed by atoms with Crippen LogP contribution < -0.4 is 14.2 Å². The van der Waals surface area contributed by atoms with Gasteiger partial charge in [-0.05, 0) is 31.0 Å². The molecule has 1 aliphatic rings. The van der Waals surface area contributed by atoms with Crippen LogP contribution >= 0.6 is 0 Å². The fraction of sp³-hybridized carbons (Fsp3) is 0.412. The van der Waals surface area contributed by atoms with E-state index in [-0.39, 0.29) is 23.1 Å². The molecule has 0 N–H and O–H groups in total. The Bertz CT molecular complexity index is 892. The van der Waals surface area contributed by atoms with E-state index < -0.39 is 21.9 Å². The van der Waals surface area contributed by atoms with Crippen LogP contribution in [0.3, 0.4) is 0 Å². The van der Waals surface area contributed by atoms with Gasteiger partial charge in [0.1, 0.15) is 22.6 Å². The van der Waals surface area contributed by atoms with Gasteiger partial charge in [-0.3, -0.25) is 0 Å². The molecule has 10 heteroatoms. The Morgan fingerprint density at radius 3 is 2.52 bits per heavy atom. The van der Waals surface area contributed by atoms with Crippen molar-refractivity contribution in [2.24, 2.45) is 0 Å². The molecule has 146 valence electrons. The zero-order chi connectivity index (χ0) is 19.4. The smallest absolute Gasteiger partial charge is 0.246 e. The lowest BCUT2D eigenvalue weighted by Gasteiger charge is -2.32. The second-order valence-corrected chi connectivity index (χ2v) is 7.86. The van der Waals surface area contributed by atoms with Crippen LogP contribution in [0.5, 0.6) is 17.5 Å². The van der Waals surface area contributed by atoms with Crippen LogP contribution in [-0.2, 0) is 10.0 Å². The number of ether oxygens (including phenoxy) is 3. The van der Waals surface area contributed by atoms with E-state index >= 15 is 0 Å². The summed E-state index contributed by atoms with van der Waals surface area (Å²) in [4.78, 5) is -0.199. The van der Waals surface area contributed by atoms with Crippen molar-refractivity contribution < 1.29 is 27.0 Å². The lowest BCUT2D eigenvalue weighted by Crippen LogP contribution is -2.44.